The van der Waals surface area contributed by atoms with E-state index in [9.17, 15) is 22.4 Å². The topological polar surface area (TPSA) is 110 Å². The summed E-state index contributed by atoms with van der Waals surface area (Å²) >= 11 is 0. The molecule has 0 spiro atoms. The van der Waals surface area contributed by atoms with Crippen molar-refractivity contribution < 1.29 is 32.2 Å². The molecule has 0 aliphatic carbocycles. The number of halogens is 1. The number of carbonyl (C=O) groups is 2. The molecule has 1 aromatic carbocycles. The van der Waals surface area contributed by atoms with E-state index < -0.39 is 38.7 Å². The van der Waals surface area contributed by atoms with E-state index in [1.807, 2.05) is 4.72 Å². The summed E-state index contributed by atoms with van der Waals surface area (Å²) in [5.41, 5.74) is -0.296. The summed E-state index contributed by atoms with van der Waals surface area (Å²) in [6, 6.07) is 0.977. The number of benzene rings is 1. The van der Waals surface area contributed by atoms with Crippen LogP contribution in [-0.4, -0.2) is 38.6 Å². The van der Waals surface area contributed by atoms with Gasteiger partial charge in [0.25, 0.3) is 0 Å². The summed E-state index contributed by atoms with van der Waals surface area (Å²) in [5, 5.41) is 8.65. The molecule has 1 rings (SSSR count). The zero-order valence-electron chi connectivity index (χ0n) is 10.6. The molecule has 2 N–H and O–H groups in total. The van der Waals surface area contributed by atoms with E-state index >= 15 is 0 Å². The molecule has 0 amide bonds. The third-order valence-corrected chi connectivity index (χ3v) is 3.83. The summed E-state index contributed by atoms with van der Waals surface area (Å²) in [7, 11) is -3.21. The minimum absolute atomic E-state index is 0.296. The fourth-order valence-electron chi connectivity index (χ4n) is 1.30. The Bertz CT molecular complexity index is 642. The molecule has 0 aliphatic rings. The average Bonchev–Trinajstić information content (AvgIpc) is 2.36. The fraction of sp³-hybridized carbons (Fsp3) is 0.273. The number of hydrogen-bond donors (Lipinski definition) is 2. The van der Waals surface area contributed by atoms with Crippen LogP contribution in [0.25, 0.3) is 0 Å². The van der Waals surface area contributed by atoms with Crippen LogP contribution in [0.5, 0.6) is 0 Å². The second kappa shape index (κ2) is 5.97. The fourth-order valence-corrected chi connectivity index (χ4v) is 2.56. The van der Waals surface area contributed by atoms with Gasteiger partial charge in [0.05, 0.1) is 17.6 Å². The predicted molar refractivity (Wildman–Crippen MR) is 65.2 cm³/mol. The second-order valence-electron chi connectivity index (χ2n) is 3.85. The summed E-state index contributed by atoms with van der Waals surface area (Å²) in [4.78, 5) is 21.3. The van der Waals surface area contributed by atoms with Crippen molar-refractivity contribution in [2.45, 2.75) is 17.9 Å². The van der Waals surface area contributed by atoms with Crippen molar-refractivity contribution in [3.63, 3.8) is 0 Å². The maximum atomic E-state index is 13.3. The van der Waals surface area contributed by atoms with Gasteiger partial charge in [-0.15, -0.1) is 0 Å². The maximum absolute atomic E-state index is 13.3. The van der Waals surface area contributed by atoms with Crippen molar-refractivity contribution in [3.05, 3.63) is 29.6 Å². The highest BCUT2D eigenvalue weighted by molar-refractivity contribution is 7.89. The highest BCUT2D eigenvalue weighted by atomic mass is 32.2. The first-order chi connectivity index (χ1) is 9.17. The van der Waals surface area contributed by atoms with Gasteiger partial charge in [0.1, 0.15) is 11.9 Å². The van der Waals surface area contributed by atoms with Crippen LogP contribution < -0.4 is 4.72 Å². The van der Waals surface area contributed by atoms with E-state index in [4.69, 9.17) is 5.11 Å². The Hall–Kier alpha value is -2.00. The van der Waals surface area contributed by atoms with Gasteiger partial charge in [-0.3, -0.25) is 4.79 Å². The van der Waals surface area contributed by atoms with E-state index in [0.717, 1.165) is 26.2 Å². The van der Waals surface area contributed by atoms with Crippen molar-refractivity contribution in [1.82, 2.24) is 4.72 Å². The molecule has 0 heterocycles. The van der Waals surface area contributed by atoms with Gasteiger partial charge in [-0.25, -0.2) is 17.6 Å². The molecular formula is C11H12FNO6S. The van der Waals surface area contributed by atoms with Crippen molar-refractivity contribution in [2.75, 3.05) is 7.11 Å². The van der Waals surface area contributed by atoms with Crippen LogP contribution in [0.4, 0.5) is 4.39 Å². The Morgan fingerprint density at radius 3 is 2.45 bits per heavy atom. The number of nitrogens with one attached hydrogen (secondary N) is 1. The molecule has 20 heavy (non-hydrogen) atoms. The number of rotatable bonds is 5. The number of sulfonamides is 1. The van der Waals surface area contributed by atoms with E-state index in [1.165, 1.54) is 0 Å². The smallest absolute Gasteiger partial charge is 0.337 e. The van der Waals surface area contributed by atoms with Crippen LogP contribution in [0.3, 0.4) is 0 Å². The number of methoxy groups -OCH3 is 1. The number of carboxylic acids is 1. The minimum atomic E-state index is -4.27. The lowest BCUT2D eigenvalue weighted by molar-refractivity contribution is -0.138. The zero-order valence-corrected chi connectivity index (χ0v) is 11.4. The van der Waals surface area contributed by atoms with Gasteiger partial charge < -0.3 is 9.84 Å². The van der Waals surface area contributed by atoms with E-state index in [0.29, 0.717) is 6.07 Å². The third-order valence-electron chi connectivity index (χ3n) is 2.31. The third kappa shape index (κ3) is 3.75. The van der Waals surface area contributed by atoms with Crippen LogP contribution in [0.15, 0.2) is 23.1 Å². The molecule has 1 aromatic rings. The van der Waals surface area contributed by atoms with Gasteiger partial charge in [0.2, 0.25) is 10.0 Å². The number of carbonyl (C=O) groups excluding carboxylic acids is 1. The van der Waals surface area contributed by atoms with Gasteiger partial charge in [-0.1, -0.05) is 0 Å². The average molecular weight is 305 g/mol. The summed E-state index contributed by atoms with van der Waals surface area (Å²) in [6.07, 6.45) is 0. The van der Waals surface area contributed by atoms with E-state index in [1.54, 1.807) is 0 Å². The highest BCUT2D eigenvalue weighted by Crippen LogP contribution is 2.15. The second-order valence-corrected chi connectivity index (χ2v) is 5.56. The molecule has 0 saturated heterocycles. The molecule has 0 aliphatic heterocycles. The largest absolute Gasteiger partial charge is 0.480 e. The Balaban J connectivity index is 3.22. The Kier molecular flexibility index (Phi) is 4.79. The van der Waals surface area contributed by atoms with Gasteiger partial charge in [-0.05, 0) is 25.1 Å². The van der Waals surface area contributed by atoms with Crippen LogP contribution in [0, 0.1) is 5.82 Å². The van der Waals surface area contributed by atoms with E-state index in [2.05, 4.69) is 4.74 Å². The lowest BCUT2D eigenvalue weighted by Gasteiger charge is -2.11. The van der Waals surface area contributed by atoms with Gasteiger partial charge in [-0.2, -0.15) is 4.72 Å². The molecule has 0 fully saturated rings. The molecule has 0 radical (unpaired) electrons. The lowest BCUT2D eigenvalue weighted by Crippen LogP contribution is -2.38. The van der Waals surface area contributed by atoms with Crippen LogP contribution >= 0.6 is 0 Å². The highest BCUT2D eigenvalue weighted by Gasteiger charge is 2.23. The summed E-state index contributed by atoms with van der Waals surface area (Å²) in [6.45, 7) is 1.11. The molecule has 0 saturated carbocycles. The first-order valence-corrected chi connectivity index (χ1v) is 6.79. The number of aliphatic carboxylic acids is 1. The first kappa shape index (κ1) is 16.1. The number of ether oxygens (including phenoxy) is 1. The Labute approximate surface area is 114 Å². The van der Waals surface area contributed by atoms with Crippen molar-refractivity contribution in [1.29, 1.82) is 0 Å². The van der Waals surface area contributed by atoms with Crippen LogP contribution in [0.1, 0.15) is 17.3 Å². The van der Waals surface area contributed by atoms with Gasteiger partial charge in [0.15, 0.2) is 0 Å². The number of hydrogen-bond acceptors (Lipinski definition) is 5. The van der Waals surface area contributed by atoms with Crippen molar-refractivity contribution >= 4 is 22.0 Å². The molecular weight excluding hydrogens is 293 g/mol. The number of carboxylic acid groups (broad SMARTS) is 1. The summed E-state index contributed by atoms with van der Waals surface area (Å²) < 4.78 is 43.3. The quantitative estimate of drug-likeness (QED) is 0.760. The SMILES string of the molecule is COC(=O)c1cc(F)cc(S(=O)(=O)NC(C)C(=O)O)c1. The molecule has 0 aromatic heterocycles. The van der Waals surface area contributed by atoms with E-state index in [-0.39, 0.29) is 5.56 Å². The van der Waals surface area contributed by atoms with Gasteiger partial charge >= 0.3 is 11.9 Å². The maximum Gasteiger partial charge on any atom is 0.337 e. The molecule has 0 bridgehead atoms. The normalized spacial score (nSPS) is 12.8. The standard InChI is InChI=1S/C11H12FNO6S/c1-6(10(14)15)13-20(17,18)9-4-7(11(16)19-2)3-8(12)5-9/h3-6,13H,1-2H3,(H,14,15). The van der Waals surface area contributed by atoms with Gasteiger partial charge in [0, 0.05) is 0 Å². The Morgan fingerprint density at radius 1 is 1.35 bits per heavy atom. The molecule has 1 unspecified atom stereocenters. The monoisotopic (exact) mass is 305 g/mol. The first-order valence-electron chi connectivity index (χ1n) is 5.31. The molecule has 7 nitrogen and oxygen atoms in total. The number of esters is 1. The minimum Gasteiger partial charge on any atom is -0.480 e. The zero-order chi connectivity index (χ0) is 15.5. The van der Waals surface area contributed by atoms with Crippen molar-refractivity contribution in [2.24, 2.45) is 0 Å². The Morgan fingerprint density at radius 2 is 1.95 bits per heavy atom. The van der Waals surface area contributed by atoms with Crippen LogP contribution in [-0.2, 0) is 19.6 Å². The molecule has 110 valence electrons. The van der Waals surface area contributed by atoms with Crippen molar-refractivity contribution in [3.8, 4) is 0 Å². The molecule has 1 atom stereocenters. The van der Waals surface area contributed by atoms with Crippen LogP contribution in [0.2, 0.25) is 0 Å². The molecule has 9 heteroatoms. The lowest BCUT2D eigenvalue weighted by atomic mass is 10.2. The predicted octanol–water partition coefficient (Wildman–Crippen LogP) is 0.364. The summed E-state index contributed by atoms with van der Waals surface area (Å²) in [5.74, 6) is -3.26.